The molecule has 0 bridgehead atoms. The number of imide groups is 1. The maximum Gasteiger partial charge on any atom is 0.318 e. The Morgan fingerprint density at radius 1 is 1.30 bits per heavy atom. The average molecular weight is 318 g/mol. The Labute approximate surface area is 133 Å². The summed E-state index contributed by atoms with van der Waals surface area (Å²) < 4.78 is 10.4. The third-order valence-corrected chi connectivity index (χ3v) is 2.96. The lowest BCUT2D eigenvalue weighted by Gasteiger charge is -2.05. The van der Waals surface area contributed by atoms with E-state index in [1.807, 2.05) is 5.32 Å². The number of nitrogens with one attached hydrogen (secondary N) is 1. The van der Waals surface area contributed by atoms with Crippen molar-refractivity contribution in [2.45, 2.75) is 26.2 Å². The maximum atomic E-state index is 11.2. The highest BCUT2D eigenvalue weighted by Crippen LogP contribution is 2.20. The predicted molar refractivity (Wildman–Crippen MR) is 81.6 cm³/mol. The van der Waals surface area contributed by atoms with Gasteiger partial charge in [-0.3, -0.25) is 10.1 Å². The molecule has 1 aromatic carbocycles. The van der Waals surface area contributed by atoms with E-state index in [1.54, 1.807) is 24.3 Å². The van der Waals surface area contributed by atoms with Crippen molar-refractivity contribution in [2.24, 2.45) is 5.73 Å². The molecule has 122 valence electrons. The first-order valence-electron chi connectivity index (χ1n) is 7.23. The molecule has 0 saturated heterocycles. The van der Waals surface area contributed by atoms with Crippen LogP contribution in [0.4, 0.5) is 4.79 Å². The Kier molecular flexibility index (Phi) is 5.67. The number of aromatic nitrogens is 2. The molecule has 1 heterocycles. The van der Waals surface area contributed by atoms with Crippen LogP contribution in [0.1, 0.15) is 25.7 Å². The van der Waals surface area contributed by atoms with Gasteiger partial charge in [-0.25, -0.2) is 4.79 Å². The van der Waals surface area contributed by atoms with Gasteiger partial charge in [0.2, 0.25) is 11.7 Å². The van der Waals surface area contributed by atoms with Crippen LogP contribution in [0.3, 0.4) is 0 Å². The Morgan fingerprint density at radius 3 is 2.70 bits per heavy atom. The topological polar surface area (TPSA) is 120 Å². The first-order valence-corrected chi connectivity index (χ1v) is 7.23. The van der Waals surface area contributed by atoms with Crippen molar-refractivity contribution in [3.05, 3.63) is 30.2 Å². The Hall–Kier alpha value is -2.90. The Bertz CT molecular complexity index is 666. The van der Waals surface area contributed by atoms with Gasteiger partial charge in [-0.2, -0.15) is 4.98 Å². The number of carbonyl (C=O) groups is 2. The molecule has 0 spiro atoms. The van der Waals surface area contributed by atoms with Crippen molar-refractivity contribution >= 4 is 11.9 Å². The van der Waals surface area contributed by atoms with E-state index in [0.29, 0.717) is 17.5 Å². The predicted octanol–water partition coefficient (Wildman–Crippen LogP) is 1.65. The molecule has 0 atom stereocenters. The molecular weight excluding hydrogens is 300 g/mol. The second-order valence-corrected chi connectivity index (χ2v) is 4.84. The number of primary amides is 1. The van der Waals surface area contributed by atoms with Crippen LogP contribution in [-0.2, 0) is 11.2 Å². The molecule has 0 fully saturated rings. The lowest BCUT2D eigenvalue weighted by atomic mass is 10.2. The van der Waals surface area contributed by atoms with Gasteiger partial charge < -0.3 is 15.0 Å². The SMILES string of the molecule is CCCCc1nc(-c2ccc(OCC(=O)NC(N)=O)cc2)no1. The number of benzene rings is 1. The molecule has 0 aliphatic rings. The average Bonchev–Trinajstić information content (AvgIpc) is 2.99. The number of nitrogens with two attached hydrogens (primary N) is 1. The van der Waals surface area contributed by atoms with Crippen molar-refractivity contribution in [3.63, 3.8) is 0 Å². The molecule has 0 aliphatic heterocycles. The van der Waals surface area contributed by atoms with Gasteiger partial charge in [0.25, 0.3) is 5.91 Å². The van der Waals surface area contributed by atoms with Gasteiger partial charge in [0.15, 0.2) is 6.61 Å². The number of urea groups is 1. The summed E-state index contributed by atoms with van der Waals surface area (Å²) in [5.74, 6) is 0.989. The standard InChI is InChI=1S/C15H18N4O4/c1-2-3-4-13-18-14(19-23-13)10-5-7-11(8-6-10)22-9-12(20)17-15(16)21/h5-8H,2-4,9H2,1H3,(H3,16,17,20,21). The maximum absolute atomic E-state index is 11.2. The summed E-state index contributed by atoms with van der Waals surface area (Å²) in [6.45, 7) is 1.80. The zero-order chi connectivity index (χ0) is 16.7. The highest BCUT2D eigenvalue weighted by molar-refractivity contribution is 5.94. The van der Waals surface area contributed by atoms with E-state index in [-0.39, 0.29) is 6.61 Å². The molecule has 3 N–H and O–H groups in total. The van der Waals surface area contributed by atoms with E-state index in [0.717, 1.165) is 24.8 Å². The number of carbonyl (C=O) groups excluding carboxylic acids is 2. The Morgan fingerprint density at radius 2 is 2.04 bits per heavy atom. The third-order valence-electron chi connectivity index (χ3n) is 2.96. The summed E-state index contributed by atoms with van der Waals surface area (Å²) >= 11 is 0. The van der Waals surface area contributed by atoms with Crippen LogP contribution in [-0.4, -0.2) is 28.7 Å². The van der Waals surface area contributed by atoms with Crippen molar-refractivity contribution in [1.82, 2.24) is 15.5 Å². The first-order chi connectivity index (χ1) is 11.1. The van der Waals surface area contributed by atoms with Crippen LogP contribution in [0.25, 0.3) is 11.4 Å². The van der Waals surface area contributed by atoms with Crippen LogP contribution in [0, 0.1) is 0 Å². The van der Waals surface area contributed by atoms with E-state index in [9.17, 15) is 9.59 Å². The molecule has 0 saturated carbocycles. The minimum atomic E-state index is -0.912. The molecule has 0 radical (unpaired) electrons. The fraction of sp³-hybridized carbons (Fsp3) is 0.333. The van der Waals surface area contributed by atoms with Crippen LogP contribution in [0.2, 0.25) is 0 Å². The second kappa shape index (κ2) is 7.92. The summed E-state index contributed by atoms with van der Waals surface area (Å²) in [5.41, 5.74) is 5.61. The molecule has 23 heavy (non-hydrogen) atoms. The number of unbranched alkanes of at least 4 members (excludes halogenated alkanes) is 1. The van der Waals surface area contributed by atoms with Gasteiger partial charge >= 0.3 is 6.03 Å². The number of rotatable bonds is 7. The normalized spacial score (nSPS) is 10.3. The summed E-state index contributed by atoms with van der Waals surface area (Å²) in [5, 5.41) is 5.85. The summed E-state index contributed by atoms with van der Waals surface area (Å²) in [6.07, 6.45) is 2.83. The smallest absolute Gasteiger partial charge is 0.318 e. The molecule has 8 heteroatoms. The first kappa shape index (κ1) is 16.5. The lowest BCUT2D eigenvalue weighted by Crippen LogP contribution is -2.38. The molecule has 2 aromatic rings. The molecule has 8 nitrogen and oxygen atoms in total. The molecule has 1 aromatic heterocycles. The molecular formula is C15H18N4O4. The van der Waals surface area contributed by atoms with Crippen molar-refractivity contribution in [1.29, 1.82) is 0 Å². The number of ether oxygens (including phenoxy) is 1. The van der Waals surface area contributed by atoms with Gasteiger partial charge in [-0.1, -0.05) is 18.5 Å². The highest BCUT2D eigenvalue weighted by atomic mass is 16.5. The van der Waals surface area contributed by atoms with E-state index >= 15 is 0 Å². The Balaban J connectivity index is 1.92. The summed E-state index contributed by atoms with van der Waals surface area (Å²) in [6, 6.07) is 5.96. The quantitative estimate of drug-likeness (QED) is 0.801. The number of amides is 3. The van der Waals surface area contributed by atoms with Gasteiger partial charge in [0.1, 0.15) is 5.75 Å². The van der Waals surface area contributed by atoms with Crippen molar-refractivity contribution in [3.8, 4) is 17.1 Å². The summed E-state index contributed by atoms with van der Waals surface area (Å²) in [4.78, 5) is 26.1. The van der Waals surface area contributed by atoms with Gasteiger partial charge in [0, 0.05) is 12.0 Å². The number of nitrogens with zero attached hydrogens (tertiary/aromatic N) is 2. The van der Waals surface area contributed by atoms with Crippen LogP contribution in [0.5, 0.6) is 5.75 Å². The second-order valence-electron chi connectivity index (χ2n) is 4.84. The van der Waals surface area contributed by atoms with E-state index in [1.165, 1.54) is 0 Å². The monoisotopic (exact) mass is 318 g/mol. The minimum absolute atomic E-state index is 0.300. The number of hydrogen-bond acceptors (Lipinski definition) is 6. The van der Waals surface area contributed by atoms with E-state index in [4.69, 9.17) is 15.0 Å². The van der Waals surface area contributed by atoms with Crippen molar-refractivity contribution < 1.29 is 18.8 Å². The molecule has 0 unspecified atom stereocenters. The number of hydrogen-bond donors (Lipinski definition) is 2. The molecule has 3 amide bonds. The minimum Gasteiger partial charge on any atom is -0.484 e. The zero-order valence-electron chi connectivity index (χ0n) is 12.7. The van der Waals surface area contributed by atoms with Gasteiger partial charge in [-0.15, -0.1) is 0 Å². The van der Waals surface area contributed by atoms with Crippen molar-refractivity contribution in [2.75, 3.05) is 6.61 Å². The van der Waals surface area contributed by atoms with E-state index < -0.39 is 11.9 Å². The fourth-order valence-electron chi connectivity index (χ4n) is 1.82. The highest BCUT2D eigenvalue weighted by Gasteiger charge is 2.09. The molecule has 0 aliphatic carbocycles. The largest absolute Gasteiger partial charge is 0.484 e. The third kappa shape index (κ3) is 5.10. The fourth-order valence-corrected chi connectivity index (χ4v) is 1.82. The molecule has 2 rings (SSSR count). The van der Waals surface area contributed by atoms with Crippen LogP contribution >= 0.6 is 0 Å². The van der Waals surface area contributed by atoms with Crippen LogP contribution < -0.4 is 15.8 Å². The summed E-state index contributed by atoms with van der Waals surface area (Å²) in [7, 11) is 0. The number of aryl methyl sites for hydroxylation is 1. The van der Waals surface area contributed by atoms with Crippen LogP contribution in [0.15, 0.2) is 28.8 Å². The lowest BCUT2D eigenvalue weighted by molar-refractivity contribution is -0.121. The van der Waals surface area contributed by atoms with Gasteiger partial charge in [-0.05, 0) is 30.7 Å². The van der Waals surface area contributed by atoms with E-state index in [2.05, 4.69) is 17.1 Å². The zero-order valence-corrected chi connectivity index (χ0v) is 12.7. The van der Waals surface area contributed by atoms with Gasteiger partial charge in [0.05, 0.1) is 0 Å².